The van der Waals surface area contributed by atoms with Crippen LogP contribution in [0, 0.1) is 12.8 Å². The van der Waals surface area contributed by atoms with Crippen LogP contribution in [0.3, 0.4) is 0 Å². The topological polar surface area (TPSA) is 66.6 Å². The van der Waals surface area contributed by atoms with Gasteiger partial charge < -0.3 is 14.5 Å². The van der Waals surface area contributed by atoms with Gasteiger partial charge in [-0.3, -0.25) is 4.79 Å². The Bertz CT molecular complexity index is 676. The number of amides is 1. The highest BCUT2D eigenvalue weighted by molar-refractivity contribution is 5.92. The lowest BCUT2D eigenvalue weighted by atomic mass is 9.93. The van der Waals surface area contributed by atoms with Gasteiger partial charge in [0.2, 0.25) is 5.76 Å². The lowest BCUT2D eigenvalue weighted by Gasteiger charge is -2.33. The fourth-order valence-electron chi connectivity index (χ4n) is 2.98. The summed E-state index contributed by atoms with van der Waals surface area (Å²) in [5, 5.41) is 13.8. The lowest BCUT2D eigenvalue weighted by Crippen LogP contribution is -2.42. The molecule has 1 aromatic carbocycles. The normalized spacial score (nSPS) is 19.6. The van der Waals surface area contributed by atoms with Crippen LogP contribution in [0.4, 0.5) is 0 Å². The van der Waals surface area contributed by atoms with E-state index in [-0.39, 0.29) is 17.6 Å². The number of hydrogen-bond acceptors (Lipinski definition) is 4. The number of carbonyl (C=O) groups excluding carboxylic acids is 1. The molecule has 2 atom stereocenters. The molecule has 2 heterocycles. The van der Waals surface area contributed by atoms with E-state index in [2.05, 4.69) is 5.16 Å². The maximum absolute atomic E-state index is 12.6. The second-order valence-corrected chi connectivity index (χ2v) is 6.34. The van der Waals surface area contributed by atoms with E-state index in [0.717, 1.165) is 18.4 Å². The molecular formula is C18H22N2O3. The molecule has 2 unspecified atom stereocenters. The molecule has 5 nitrogen and oxygen atoms in total. The Morgan fingerprint density at radius 3 is 2.83 bits per heavy atom. The highest BCUT2D eigenvalue weighted by atomic mass is 16.5. The van der Waals surface area contributed by atoms with Gasteiger partial charge in [0.1, 0.15) is 5.69 Å². The van der Waals surface area contributed by atoms with Gasteiger partial charge in [0.15, 0.2) is 0 Å². The van der Waals surface area contributed by atoms with Crippen LogP contribution in [-0.4, -0.2) is 40.3 Å². The summed E-state index contributed by atoms with van der Waals surface area (Å²) in [6.07, 6.45) is 1.45. The minimum atomic E-state index is -0.400. The van der Waals surface area contributed by atoms with Crippen LogP contribution in [-0.2, 0) is 0 Å². The fraction of sp³-hybridized carbons (Fsp3) is 0.444. The monoisotopic (exact) mass is 314 g/mol. The van der Waals surface area contributed by atoms with Gasteiger partial charge >= 0.3 is 0 Å². The van der Waals surface area contributed by atoms with Gasteiger partial charge in [-0.25, -0.2) is 0 Å². The Hall–Kier alpha value is -2.14. The third-order valence-corrected chi connectivity index (χ3v) is 4.50. The van der Waals surface area contributed by atoms with E-state index >= 15 is 0 Å². The molecule has 2 aromatic rings. The molecule has 1 amide bonds. The molecule has 1 aromatic heterocycles. The molecule has 1 aliphatic rings. The first kappa shape index (κ1) is 15.7. The van der Waals surface area contributed by atoms with Crippen molar-refractivity contribution in [2.45, 2.75) is 32.8 Å². The van der Waals surface area contributed by atoms with Crippen LogP contribution in [0.15, 0.2) is 34.9 Å². The molecule has 0 bridgehead atoms. The van der Waals surface area contributed by atoms with E-state index < -0.39 is 6.10 Å². The van der Waals surface area contributed by atoms with Crippen molar-refractivity contribution in [3.05, 3.63) is 41.7 Å². The minimum absolute atomic E-state index is 0.132. The quantitative estimate of drug-likeness (QED) is 0.946. The van der Waals surface area contributed by atoms with Crippen LogP contribution in [0.5, 0.6) is 0 Å². The van der Waals surface area contributed by atoms with E-state index in [1.165, 1.54) is 5.56 Å². The van der Waals surface area contributed by atoms with Crippen LogP contribution in [0.25, 0.3) is 11.3 Å². The van der Waals surface area contributed by atoms with E-state index in [0.29, 0.717) is 18.8 Å². The van der Waals surface area contributed by atoms with Crippen molar-refractivity contribution in [2.24, 2.45) is 5.92 Å². The molecular weight excluding hydrogens is 292 g/mol. The smallest absolute Gasteiger partial charge is 0.292 e. The van der Waals surface area contributed by atoms with Gasteiger partial charge in [-0.15, -0.1) is 0 Å². The van der Waals surface area contributed by atoms with Gasteiger partial charge in [-0.2, -0.15) is 0 Å². The fourth-order valence-corrected chi connectivity index (χ4v) is 2.98. The molecule has 3 rings (SSSR count). The minimum Gasteiger partial charge on any atom is -0.393 e. The second kappa shape index (κ2) is 6.54. The average Bonchev–Trinajstić information content (AvgIpc) is 3.05. The van der Waals surface area contributed by atoms with Gasteiger partial charge in [-0.05, 0) is 26.7 Å². The van der Waals surface area contributed by atoms with Crippen LogP contribution in [0.2, 0.25) is 0 Å². The Labute approximate surface area is 135 Å². The Balaban J connectivity index is 1.74. The number of aliphatic hydroxyl groups is 1. The lowest BCUT2D eigenvalue weighted by molar-refractivity contribution is 0.0436. The predicted molar refractivity (Wildman–Crippen MR) is 87.0 cm³/mol. The predicted octanol–water partition coefficient (Wildman–Crippen LogP) is 2.88. The van der Waals surface area contributed by atoms with Crippen molar-refractivity contribution in [1.29, 1.82) is 0 Å². The van der Waals surface area contributed by atoms with E-state index in [9.17, 15) is 9.90 Å². The van der Waals surface area contributed by atoms with E-state index in [4.69, 9.17) is 4.52 Å². The summed E-state index contributed by atoms with van der Waals surface area (Å²) in [5.74, 6) is 0.236. The SMILES string of the molecule is Cc1ccc(-c2cc(C(=O)N3CCCC(C(C)O)C3)on2)cc1. The number of aliphatic hydroxyl groups excluding tert-OH is 1. The number of aryl methyl sites for hydroxylation is 1. The molecule has 0 spiro atoms. The number of nitrogens with zero attached hydrogens (tertiary/aromatic N) is 2. The molecule has 1 saturated heterocycles. The molecule has 0 radical (unpaired) electrons. The maximum Gasteiger partial charge on any atom is 0.292 e. The first-order chi connectivity index (χ1) is 11.0. The zero-order chi connectivity index (χ0) is 16.4. The molecule has 122 valence electrons. The number of benzene rings is 1. The number of hydrogen-bond donors (Lipinski definition) is 1. The summed E-state index contributed by atoms with van der Waals surface area (Å²) >= 11 is 0. The molecule has 5 heteroatoms. The summed E-state index contributed by atoms with van der Waals surface area (Å²) in [7, 11) is 0. The summed E-state index contributed by atoms with van der Waals surface area (Å²) < 4.78 is 5.26. The largest absolute Gasteiger partial charge is 0.393 e. The molecule has 1 N–H and O–H groups in total. The van der Waals surface area contributed by atoms with Crippen molar-refractivity contribution >= 4 is 5.91 Å². The molecule has 23 heavy (non-hydrogen) atoms. The number of carbonyl (C=O) groups is 1. The number of aromatic nitrogens is 1. The number of likely N-dealkylation sites (tertiary alicyclic amines) is 1. The number of piperidine rings is 1. The van der Waals surface area contributed by atoms with Crippen molar-refractivity contribution < 1.29 is 14.4 Å². The van der Waals surface area contributed by atoms with Gasteiger partial charge in [0.25, 0.3) is 5.91 Å². The Morgan fingerprint density at radius 2 is 2.13 bits per heavy atom. The highest BCUT2D eigenvalue weighted by Gasteiger charge is 2.29. The molecule has 1 aliphatic heterocycles. The average molecular weight is 314 g/mol. The van der Waals surface area contributed by atoms with Crippen molar-refractivity contribution in [3.63, 3.8) is 0 Å². The first-order valence-electron chi connectivity index (χ1n) is 8.05. The summed E-state index contributed by atoms with van der Waals surface area (Å²) in [5.41, 5.74) is 2.77. The third kappa shape index (κ3) is 3.45. The molecule has 0 aliphatic carbocycles. The van der Waals surface area contributed by atoms with E-state index in [1.54, 1.807) is 17.9 Å². The van der Waals surface area contributed by atoms with Crippen LogP contribution < -0.4 is 0 Å². The maximum atomic E-state index is 12.6. The Morgan fingerprint density at radius 1 is 1.39 bits per heavy atom. The van der Waals surface area contributed by atoms with Crippen molar-refractivity contribution in [3.8, 4) is 11.3 Å². The van der Waals surface area contributed by atoms with Gasteiger partial charge in [-0.1, -0.05) is 35.0 Å². The highest BCUT2D eigenvalue weighted by Crippen LogP contribution is 2.24. The second-order valence-electron chi connectivity index (χ2n) is 6.34. The van der Waals surface area contributed by atoms with Gasteiger partial charge in [0, 0.05) is 30.6 Å². The summed E-state index contributed by atoms with van der Waals surface area (Å²) in [6.45, 7) is 5.07. The zero-order valence-corrected chi connectivity index (χ0v) is 13.5. The van der Waals surface area contributed by atoms with E-state index in [1.807, 2.05) is 31.2 Å². The summed E-state index contributed by atoms with van der Waals surface area (Å²) in [6, 6.07) is 9.63. The summed E-state index contributed by atoms with van der Waals surface area (Å²) in [4.78, 5) is 14.3. The Kier molecular flexibility index (Phi) is 4.48. The molecule has 1 fully saturated rings. The van der Waals surface area contributed by atoms with Crippen molar-refractivity contribution in [2.75, 3.05) is 13.1 Å². The third-order valence-electron chi connectivity index (χ3n) is 4.50. The van der Waals surface area contributed by atoms with Crippen molar-refractivity contribution in [1.82, 2.24) is 10.1 Å². The van der Waals surface area contributed by atoms with Gasteiger partial charge in [0.05, 0.1) is 6.10 Å². The zero-order valence-electron chi connectivity index (χ0n) is 13.5. The van der Waals surface area contributed by atoms with Crippen LogP contribution >= 0.6 is 0 Å². The van der Waals surface area contributed by atoms with Crippen LogP contribution in [0.1, 0.15) is 35.9 Å². The standard InChI is InChI=1S/C18H22N2O3/c1-12-5-7-14(8-6-12)16-10-17(23-19-16)18(22)20-9-3-4-15(11-20)13(2)21/h5-8,10,13,15,21H,3-4,9,11H2,1-2H3. The molecule has 0 saturated carbocycles. The first-order valence-corrected chi connectivity index (χ1v) is 8.05. The number of rotatable bonds is 3.